The Morgan fingerprint density at radius 2 is 1.86 bits per heavy atom. The number of carbonyl (C=O) groups is 1. The number of hydrogen-bond acceptors (Lipinski definition) is 2. The lowest BCUT2D eigenvalue weighted by Gasteiger charge is -2.24. The molecule has 0 aliphatic heterocycles. The lowest BCUT2D eigenvalue weighted by atomic mass is 9.91. The van der Waals surface area contributed by atoms with Crippen LogP contribution in [-0.2, 0) is 4.79 Å². The van der Waals surface area contributed by atoms with Crippen LogP contribution in [0.1, 0.15) is 47.5 Å². The van der Waals surface area contributed by atoms with Gasteiger partial charge in [-0.2, -0.15) is 5.26 Å². The van der Waals surface area contributed by atoms with Crippen molar-refractivity contribution < 1.29 is 4.79 Å². The Bertz CT molecular complexity index is 247. The molecule has 0 spiro atoms. The normalized spacial score (nSPS) is 15.4. The summed E-state index contributed by atoms with van der Waals surface area (Å²) in [5.74, 6) is -0.0524. The molecule has 0 fully saturated rings. The van der Waals surface area contributed by atoms with Gasteiger partial charge in [-0.1, -0.05) is 27.7 Å². The van der Waals surface area contributed by atoms with Crippen molar-refractivity contribution in [1.29, 1.82) is 5.26 Å². The zero-order chi connectivity index (χ0) is 11.4. The highest BCUT2D eigenvalue weighted by molar-refractivity contribution is 5.77. The lowest BCUT2D eigenvalue weighted by molar-refractivity contribution is -0.124. The van der Waals surface area contributed by atoms with Gasteiger partial charge in [0.15, 0.2) is 0 Å². The topological polar surface area (TPSA) is 52.9 Å². The Balaban J connectivity index is 4.27. The van der Waals surface area contributed by atoms with Crippen molar-refractivity contribution in [2.24, 2.45) is 5.41 Å². The second-order valence-electron chi connectivity index (χ2n) is 5.08. The first kappa shape index (κ1) is 13.0. The van der Waals surface area contributed by atoms with Gasteiger partial charge in [-0.25, -0.2) is 0 Å². The van der Waals surface area contributed by atoms with Crippen molar-refractivity contribution in [3.05, 3.63) is 0 Å². The minimum Gasteiger partial charge on any atom is -0.338 e. The summed E-state index contributed by atoms with van der Waals surface area (Å²) in [6.45, 7) is 9.64. The Morgan fingerprint density at radius 3 is 2.14 bits per heavy atom. The van der Waals surface area contributed by atoms with Gasteiger partial charge < -0.3 is 5.32 Å². The summed E-state index contributed by atoms with van der Waals surface area (Å²) < 4.78 is 0. The second kappa shape index (κ2) is 4.45. The maximum Gasteiger partial charge on any atom is 0.221 e. The molecule has 80 valence electrons. The van der Waals surface area contributed by atoms with Crippen molar-refractivity contribution in [3.8, 4) is 6.07 Å². The third-order valence-electron chi connectivity index (χ3n) is 2.06. The van der Waals surface area contributed by atoms with Crippen LogP contribution in [0.4, 0.5) is 0 Å². The van der Waals surface area contributed by atoms with Crippen LogP contribution in [0.2, 0.25) is 0 Å². The molecule has 0 bridgehead atoms. The number of nitrogens with one attached hydrogen (secondary N) is 1. The summed E-state index contributed by atoms with van der Waals surface area (Å²) in [4.78, 5) is 11.5. The van der Waals surface area contributed by atoms with Crippen LogP contribution in [0.3, 0.4) is 0 Å². The molecule has 0 saturated heterocycles. The van der Waals surface area contributed by atoms with Crippen molar-refractivity contribution in [2.75, 3.05) is 0 Å². The summed E-state index contributed by atoms with van der Waals surface area (Å²) in [5, 5.41) is 11.6. The first-order valence-electron chi connectivity index (χ1n) is 4.95. The fourth-order valence-electron chi connectivity index (χ4n) is 1.03. The van der Waals surface area contributed by atoms with Crippen LogP contribution in [0, 0.1) is 16.7 Å². The molecule has 0 rings (SSSR count). The molecular weight excluding hydrogens is 176 g/mol. The molecule has 1 N–H and O–H groups in total. The molecule has 0 radical (unpaired) electrons. The number of carbonyl (C=O) groups excluding carboxylic acids is 1. The molecule has 0 aromatic carbocycles. The number of nitrogens with zero attached hydrogens (tertiary/aromatic N) is 1. The molecule has 3 nitrogen and oxygen atoms in total. The van der Waals surface area contributed by atoms with Gasteiger partial charge in [0.05, 0.1) is 6.07 Å². The van der Waals surface area contributed by atoms with E-state index in [1.165, 1.54) is 0 Å². The van der Waals surface area contributed by atoms with Crippen molar-refractivity contribution in [2.45, 2.75) is 53.0 Å². The third-order valence-corrected chi connectivity index (χ3v) is 2.06. The van der Waals surface area contributed by atoms with E-state index in [4.69, 9.17) is 5.26 Å². The van der Waals surface area contributed by atoms with Gasteiger partial charge in [0.2, 0.25) is 5.91 Å². The van der Waals surface area contributed by atoms with E-state index in [0.29, 0.717) is 12.8 Å². The molecule has 1 unspecified atom stereocenters. The van der Waals surface area contributed by atoms with Crippen LogP contribution >= 0.6 is 0 Å². The Labute approximate surface area is 86.5 Å². The van der Waals surface area contributed by atoms with E-state index >= 15 is 0 Å². The fourth-order valence-corrected chi connectivity index (χ4v) is 1.03. The van der Waals surface area contributed by atoms with Crippen molar-refractivity contribution in [1.82, 2.24) is 5.32 Å². The van der Waals surface area contributed by atoms with E-state index in [2.05, 4.69) is 11.4 Å². The smallest absolute Gasteiger partial charge is 0.221 e. The molecule has 0 heterocycles. The number of hydrogen-bond donors (Lipinski definition) is 1. The third kappa shape index (κ3) is 4.86. The Hall–Kier alpha value is -1.04. The quantitative estimate of drug-likeness (QED) is 0.752. The van der Waals surface area contributed by atoms with Crippen molar-refractivity contribution >= 4 is 5.91 Å². The molecule has 1 atom stereocenters. The molecule has 0 aromatic heterocycles. The van der Waals surface area contributed by atoms with E-state index in [0.717, 1.165) is 0 Å². The van der Waals surface area contributed by atoms with Crippen LogP contribution in [0.5, 0.6) is 0 Å². The summed E-state index contributed by atoms with van der Waals surface area (Å²) in [6.07, 6.45) is 1.07. The van der Waals surface area contributed by atoms with Crippen molar-refractivity contribution in [3.63, 3.8) is 0 Å². The predicted octanol–water partition coefficient (Wildman–Crippen LogP) is 2.23. The maximum absolute atomic E-state index is 11.5. The van der Waals surface area contributed by atoms with Gasteiger partial charge >= 0.3 is 0 Å². The van der Waals surface area contributed by atoms with E-state index < -0.39 is 5.54 Å². The summed E-state index contributed by atoms with van der Waals surface area (Å²) in [6, 6.07) is 2.11. The molecule has 0 aliphatic rings. The predicted molar refractivity (Wildman–Crippen MR) is 56.5 cm³/mol. The number of nitriles is 1. The molecule has 0 aliphatic carbocycles. The first-order chi connectivity index (χ1) is 6.22. The average molecular weight is 196 g/mol. The first-order valence-corrected chi connectivity index (χ1v) is 4.95. The fraction of sp³-hybridized carbons (Fsp3) is 0.818. The summed E-state index contributed by atoms with van der Waals surface area (Å²) in [7, 11) is 0. The minimum absolute atomic E-state index is 0.0335. The molecular formula is C11H20N2O. The summed E-state index contributed by atoms with van der Waals surface area (Å²) >= 11 is 0. The molecule has 3 heteroatoms. The number of rotatable bonds is 3. The lowest BCUT2D eigenvalue weighted by Crippen LogP contribution is -2.45. The van der Waals surface area contributed by atoms with Gasteiger partial charge in [0.1, 0.15) is 5.54 Å². The van der Waals surface area contributed by atoms with Gasteiger partial charge in [-0.15, -0.1) is 0 Å². The molecule has 1 amide bonds. The monoisotopic (exact) mass is 196 g/mol. The van der Waals surface area contributed by atoms with Crippen LogP contribution < -0.4 is 5.32 Å². The van der Waals surface area contributed by atoms with Gasteiger partial charge in [-0.05, 0) is 18.8 Å². The SMILES string of the molecule is CCC(C)(C#N)NC(=O)CC(C)(C)C. The number of amides is 1. The van der Waals surface area contributed by atoms with Crippen LogP contribution in [-0.4, -0.2) is 11.4 Å². The molecule has 0 saturated carbocycles. The highest BCUT2D eigenvalue weighted by Crippen LogP contribution is 2.19. The van der Waals surface area contributed by atoms with Gasteiger partial charge in [0, 0.05) is 6.42 Å². The van der Waals surface area contributed by atoms with Crippen LogP contribution in [0.15, 0.2) is 0 Å². The maximum atomic E-state index is 11.5. The van der Waals surface area contributed by atoms with E-state index in [-0.39, 0.29) is 11.3 Å². The highest BCUT2D eigenvalue weighted by Gasteiger charge is 2.25. The minimum atomic E-state index is -0.720. The second-order valence-corrected chi connectivity index (χ2v) is 5.08. The zero-order valence-corrected chi connectivity index (χ0v) is 9.77. The van der Waals surface area contributed by atoms with Crippen LogP contribution in [0.25, 0.3) is 0 Å². The van der Waals surface area contributed by atoms with E-state index in [1.54, 1.807) is 6.92 Å². The highest BCUT2D eigenvalue weighted by atomic mass is 16.1. The Kier molecular flexibility index (Phi) is 4.12. The van der Waals surface area contributed by atoms with E-state index in [1.807, 2.05) is 27.7 Å². The molecule has 0 aromatic rings. The van der Waals surface area contributed by atoms with E-state index in [9.17, 15) is 4.79 Å². The standard InChI is InChI=1S/C11H20N2O/c1-6-11(5,8-12)13-9(14)7-10(2,3)4/h6-7H2,1-5H3,(H,13,14). The Morgan fingerprint density at radius 1 is 1.36 bits per heavy atom. The summed E-state index contributed by atoms with van der Waals surface area (Å²) in [5.41, 5.74) is -0.753. The zero-order valence-electron chi connectivity index (χ0n) is 9.77. The molecule has 14 heavy (non-hydrogen) atoms. The average Bonchev–Trinajstić information content (AvgIpc) is 2.00. The van der Waals surface area contributed by atoms with Gasteiger partial charge in [-0.3, -0.25) is 4.79 Å². The largest absolute Gasteiger partial charge is 0.338 e. The van der Waals surface area contributed by atoms with Gasteiger partial charge in [0.25, 0.3) is 0 Å².